The highest BCUT2D eigenvalue weighted by Crippen LogP contribution is 2.24. The largest absolute Gasteiger partial charge is 0.508 e. The highest BCUT2D eigenvalue weighted by Gasteiger charge is 2.23. The molecule has 2 N–H and O–H groups in total. The smallest absolute Gasteiger partial charge is 0.198 e. The lowest BCUT2D eigenvalue weighted by molar-refractivity contribution is 0.381. The van der Waals surface area contributed by atoms with Crippen molar-refractivity contribution < 1.29 is 9.84 Å². The quantitative estimate of drug-likeness (QED) is 0.467. The van der Waals surface area contributed by atoms with E-state index in [0.29, 0.717) is 6.04 Å². The Labute approximate surface area is 172 Å². The van der Waals surface area contributed by atoms with Crippen LogP contribution in [0.2, 0.25) is 0 Å². The van der Waals surface area contributed by atoms with Crippen LogP contribution >= 0.6 is 0 Å². The predicted molar refractivity (Wildman–Crippen MR) is 118 cm³/mol. The highest BCUT2D eigenvalue weighted by molar-refractivity contribution is 5.94. The molecule has 2 aromatic carbocycles. The van der Waals surface area contributed by atoms with Gasteiger partial charge in [0, 0.05) is 43.6 Å². The molecule has 1 saturated carbocycles. The fourth-order valence-electron chi connectivity index (χ4n) is 4.06. The zero-order valence-electron chi connectivity index (χ0n) is 17.1. The minimum absolute atomic E-state index is 0.275. The summed E-state index contributed by atoms with van der Waals surface area (Å²) in [5.74, 6) is 2.12. The molecule has 6 nitrogen and oxygen atoms in total. The number of phenols is 1. The van der Waals surface area contributed by atoms with E-state index in [1.54, 1.807) is 19.2 Å². The van der Waals surface area contributed by atoms with Crippen LogP contribution in [0.1, 0.15) is 25.7 Å². The van der Waals surface area contributed by atoms with Crippen LogP contribution in [0, 0.1) is 0 Å². The van der Waals surface area contributed by atoms with Crippen LogP contribution in [0.3, 0.4) is 0 Å². The van der Waals surface area contributed by atoms with E-state index >= 15 is 0 Å². The molecule has 0 spiro atoms. The first-order chi connectivity index (χ1) is 14.2. The molecular formula is C23H30N4O2. The summed E-state index contributed by atoms with van der Waals surface area (Å²) >= 11 is 0. The van der Waals surface area contributed by atoms with Crippen LogP contribution in [0.15, 0.2) is 53.5 Å². The summed E-state index contributed by atoms with van der Waals surface area (Å²) in [6.07, 6.45) is 4.88. The zero-order valence-corrected chi connectivity index (χ0v) is 17.1. The second-order valence-electron chi connectivity index (χ2n) is 7.74. The molecule has 2 aromatic rings. The Hall–Kier alpha value is -2.89. The lowest BCUT2D eigenvalue weighted by Crippen LogP contribution is -2.51. The van der Waals surface area contributed by atoms with Crippen LogP contribution in [0.5, 0.6) is 11.5 Å². The van der Waals surface area contributed by atoms with Gasteiger partial charge in [0.25, 0.3) is 0 Å². The summed E-state index contributed by atoms with van der Waals surface area (Å²) < 4.78 is 5.37. The molecule has 2 aliphatic rings. The van der Waals surface area contributed by atoms with Crippen LogP contribution < -0.4 is 15.0 Å². The Balaban J connectivity index is 1.46. The molecule has 6 heteroatoms. The van der Waals surface area contributed by atoms with Crippen molar-refractivity contribution in [3.63, 3.8) is 0 Å². The molecule has 0 atom stereocenters. The SMILES string of the molecule is COc1cccc(N2CCN(C(=NC3CCCC3)Nc3ccc(O)cc3)CC2)c1. The van der Waals surface area contributed by atoms with Crippen molar-refractivity contribution in [3.05, 3.63) is 48.5 Å². The molecule has 2 fully saturated rings. The third-order valence-corrected chi connectivity index (χ3v) is 5.75. The first-order valence-electron chi connectivity index (χ1n) is 10.5. The Morgan fingerprint density at radius 2 is 1.76 bits per heavy atom. The van der Waals surface area contributed by atoms with Gasteiger partial charge in [-0.3, -0.25) is 0 Å². The van der Waals surface area contributed by atoms with Crippen molar-refractivity contribution in [2.75, 3.05) is 43.5 Å². The number of methoxy groups -OCH3 is 1. The minimum atomic E-state index is 0.275. The number of hydrogen-bond acceptors (Lipinski definition) is 4. The van der Waals surface area contributed by atoms with E-state index in [-0.39, 0.29) is 5.75 Å². The maximum absolute atomic E-state index is 9.56. The molecule has 0 aromatic heterocycles. The van der Waals surface area contributed by atoms with Gasteiger partial charge in [-0.15, -0.1) is 0 Å². The summed E-state index contributed by atoms with van der Waals surface area (Å²) in [5.41, 5.74) is 2.15. The molecule has 4 rings (SSSR count). The van der Waals surface area contributed by atoms with Gasteiger partial charge in [0.2, 0.25) is 0 Å². The first-order valence-corrected chi connectivity index (χ1v) is 10.5. The summed E-state index contributed by atoms with van der Waals surface area (Å²) in [5, 5.41) is 13.1. The molecular weight excluding hydrogens is 364 g/mol. The Morgan fingerprint density at radius 3 is 2.45 bits per heavy atom. The summed E-state index contributed by atoms with van der Waals surface area (Å²) in [6.45, 7) is 3.70. The third kappa shape index (κ3) is 4.94. The van der Waals surface area contributed by atoms with Gasteiger partial charge in [-0.2, -0.15) is 0 Å². The maximum atomic E-state index is 9.56. The average Bonchev–Trinajstić information content (AvgIpc) is 3.28. The van der Waals surface area contributed by atoms with Crippen molar-refractivity contribution >= 4 is 17.3 Å². The number of aromatic hydroxyl groups is 1. The molecule has 154 valence electrons. The van der Waals surface area contributed by atoms with E-state index in [1.807, 2.05) is 24.3 Å². The van der Waals surface area contributed by atoms with Crippen molar-refractivity contribution in [3.8, 4) is 11.5 Å². The zero-order chi connectivity index (χ0) is 20.1. The molecule has 1 aliphatic carbocycles. The normalized spacial score (nSPS) is 18.2. The van der Waals surface area contributed by atoms with Crippen LogP contribution in [-0.2, 0) is 0 Å². The molecule has 1 aliphatic heterocycles. The third-order valence-electron chi connectivity index (χ3n) is 5.75. The summed E-state index contributed by atoms with van der Waals surface area (Å²) in [7, 11) is 1.71. The number of benzene rings is 2. The topological polar surface area (TPSA) is 60.3 Å². The van der Waals surface area contributed by atoms with Crippen molar-refractivity contribution in [1.29, 1.82) is 0 Å². The standard InChI is InChI=1S/C23H30N4O2/c1-29-22-8-4-7-20(17-22)26-13-15-27(16-14-26)23(24-18-5-2-3-6-18)25-19-9-11-21(28)12-10-19/h4,7-12,17-18,28H,2-3,5-6,13-16H2,1H3,(H,24,25). The molecule has 0 bridgehead atoms. The molecule has 1 saturated heterocycles. The summed E-state index contributed by atoms with van der Waals surface area (Å²) in [4.78, 5) is 9.82. The van der Waals surface area contributed by atoms with E-state index in [9.17, 15) is 5.11 Å². The number of nitrogens with zero attached hydrogens (tertiary/aromatic N) is 3. The van der Waals surface area contributed by atoms with Gasteiger partial charge >= 0.3 is 0 Å². The number of guanidine groups is 1. The molecule has 0 radical (unpaired) electrons. The van der Waals surface area contributed by atoms with Gasteiger partial charge in [-0.25, -0.2) is 4.99 Å². The predicted octanol–water partition coefficient (Wildman–Crippen LogP) is 3.93. The van der Waals surface area contributed by atoms with Crippen LogP contribution in [0.4, 0.5) is 11.4 Å². The number of anilines is 2. The van der Waals surface area contributed by atoms with Gasteiger partial charge < -0.3 is 25.0 Å². The van der Waals surface area contributed by atoms with Gasteiger partial charge in [0.15, 0.2) is 5.96 Å². The van der Waals surface area contributed by atoms with E-state index in [4.69, 9.17) is 9.73 Å². The van der Waals surface area contributed by atoms with Gasteiger partial charge in [-0.1, -0.05) is 18.9 Å². The number of nitrogens with one attached hydrogen (secondary N) is 1. The Morgan fingerprint density at radius 1 is 1.03 bits per heavy atom. The van der Waals surface area contributed by atoms with Gasteiger partial charge in [0.05, 0.1) is 13.2 Å². The molecule has 1 heterocycles. The lowest BCUT2D eigenvalue weighted by atomic mass is 10.2. The van der Waals surface area contributed by atoms with E-state index in [1.165, 1.54) is 31.4 Å². The molecule has 0 amide bonds. The number of rotatable bonds is 4. The van der Waals surface area contributed by atoms with Crippen LogP contribution in [0.25, 0.3) is 0 Å². The first kappa shape index (κ1) is 19.4. The Kier molecular flexibility index (Phi) is 6.08. The fourth-order valence-corrected chi connectivity index (χ4v) is 4.06. The van der Waals surface area contributed by atoms with Crippen molar-refractivity contribution in [1.82, 2.24) is 4.90 Å². The molecule has 0 unspecified atom stereocenters. The molecule has 29 heavy (non-hydrogen) atoms. The minimum Gasteiger partial charge on any atom is -0.508 e. The lowest BCUT2D eigenvalue weighted by Gasteiger charge is -2.38. The fraction of sp³-hybridized carbons (Fsp3) is 0.435. The van der Waals surface area contributed by atoms with Crippen molar-refractivity contribution in [2.24, 2.45) is 4.99 Å². The van der Waals surface area contributed by atoms with E-state index in [2.05, 4.69) is 27.2 Å². The number of piperazine rings is 1. The maximum Gasteiger partial charge on any atom is 0.198 e. The average molecular weight is 395 g/mol. The number of phenolic OH excluding ortho intramolecular Hbond substituents is 1. The van der Waals surface area contributed by atoms with E-state index < -0.39 is 0 Å². The number of hydrogen-bond donors (Lipinski definition) is 2. The Bertz CT molecular complexity index is 823. The second kappa shape index (κ2) is 9.07. The number of aliphatic imine (C=N–C) groups is 1. The van der Waals surface area contributed by atoms with Gasteiger partial charge in [-0.05, 0) is 49.2 Å². The van der Waals surface area contributed by atoms with Crippen LogP contribution in [-0.4, -0.2) is 55.3 Å². The van der Waals surface area contributed by atoms with E-state index in [0.717, 1.165) is 43.6 Å². The van der Waals surface area contributed by atoms with Gasteiger partial charge in [0.1, 0.15) is 11.5 Å². The monoisotopic (exact) mass is 394 g/mol. The summed E-state index contributed by atoms with van der Waals surface area (Å²) in [6, 6.07) is 15.9. The highest BCUT2D eigenvalue weighted by atomic mass is 16.5. The number of ether oxygens (including phenoxy) is 1. The van der Waals surface area contributed by atoms with Crippen molar-refractivity contribution in [2.45, 2.75) is 31.7 Å². The second-order valence-corrected chi connectivity index (χ2v) is 7.74.